The highest BCUT2D eigenvalue weighted by Crippen LogP contribution is 2.29. The average molecular weight is 357 g/mol. The van der Waals surface area contributed by atoms with E-state index in [1.807, 2.05) is 6.07 Å². The summed E-state index contributed by atoms with van der Waals surface area (Å²) in [6.07, 6.45) is 5.46. The Bertz CT molecular complexity index is 728. The molecular weight excluding hydrogens is 330 g/mol. The van der Waals surface area contributed by atoms with E-state index in [9.17, 15) is 4.79 Å². The van der Waals surface area contributed by atoms with Crippen LogP contribution in [0.25, 0.3) is 0 Å². The standard InChI is InChI=1S/C20H27N3O3/c1-5-9-23(10-6-2)16-11-15(13-21-14-16)20(24)22-18-8-7-17(25-3)12-19(18)26-4/h7-8,11-14H,5-6,9-10H2,1-4H3,(H,22,24). The lowest BCUT2D eigenvalue weighted by Gasteiger charge is -2.23. The first-order valence-electron chi connectivity index (χ1n) is 8.86. The van der Waals surface area contributed by atoms with Gasteiger partial charge in [0, 0.05) is 25.4 Å². The normalized spacial score (nSPS) is 10.3. The van der Waals surface area contributed by atoms with Crippen molar-refractivity contribution in [1.29, 1.82) is 0 Å². The second kappa shape index (κ2) is 9.65. The Morgan fingerprint density at radius 1 is 1.08 bits per heavy atom. The van der Waals surface area contributed by atoms with Gasteiger partial charge in [0.15, 0.2) is 0 Å². The van der Waals surface area contributed by atoms with Crippen molar-refractivity contribution >= 4 is 17.3 Å². The van der Waals surface area contributed by atoms with Crippen LogP contribution >= 0.6 is 0 Å². The molecular formula is C20H27N3O3. The number of nitrogens with one attached hydrogen (secondary N) is 1. The van der Waals surface area contributed by atoms with E-state index in [1.165, 1.54) is 0 Å². The van der Waals surface area contributed by atoms with Gasteiger partial charge in [-0.05, 0) is 31.0 Å². The molecule has 0 unspecified atom stereocenters. The fraction of sp³-hybridized carbons (Fsp3) is 0.400. The Morgan fingerprint density at radius 2 is 1.81 bits per heavy atom. The molecule has 2 rings (SSSR count). The largest absolute Gasteiger partial charge is 0.497 e. The van der Waals surface area contributed by atoms with E-state index in [2.05, 4.69) is 29.0 Å². The number of pyridine rings is 1. The summed E-state index contributed by atoms with van der Waals surface area (Å²) in [5, 5.41) is 2.88. The van der Waals surface area contributed by atoms with Gasteiger partial charge in [0.2, 0.25) is 0 Å². The number of aromatic nitrogens is 1. The smallest absolute Gasteiger partial charge is 0.257 e. The van der Waals surface area contributed by atoms with Crippen LogP contribution in [0.2, 0.25) is 0 Å². The predicted molar refractivity (Wildman–Crippen MR) is 105 cm³/mol. The molecule has 0 bridgehead atoms. The summed E-state index contributed by atoms with van der Waals surface area (Å²) in [7, 11) is 3.14. The zero-order chi connectivity index (χ0) is 18.9. The van der Waals surface area contributed by atoms with E-state index in [0.717, 1.165) is 31.6 Å². The maximum atomic E-state index is 12.7. The summed E-state index contributed by atoms with van der Waals surface area (Å²) in [6.45, 7) is 6.16. The maximum absolute atomic E-state index is 12.7. The van der Waals surface area contributed by atoms with E-state index in [4.69, 9.17) is 9.47 Å². The number of carbonyl (C=O) groups is 1. The van der Waals surface area contributed by atoms with E-state index in [0.29, 0.717) is 22.7 Å². The van der Waals surface area contributed by atoms with Crippen molar-refractivity contribution in [3.8, 4) is 11.5 Å². The van der Waals surface area contributed by atoms with Gasteiger partial charge in [0.1, 0.15) is 11.5 Å². The van der Waals surface area contributed by atoms with Crippen molar-refractivity contribution < 1.29 is 14.3 Å². The Labute approximate surface area is 155 Å². The van der Waals surface area contributed by atoms with Crippen LogP contribution in [0.1, 0.15) is 37.0 Å². The molecule has 1 aromatic heterocycles. The number of rotatable bonds is 9. The van der Waals surface area contributed by atoms with E-state index in [1.54, 1.807) is 44.8 Å². The molecule has 26 heavy (non-hydrogen) atoms. The quantitative estimate of drug-likeness (QED) is 0.735. The number of benzene rings is 1. The summed E-state index contributed by atoms with van der Waals surface area (Å²) >= 11 is 0. The van der Waals surface area contributed by atoms with Crippen LogP contribution < -0.4 is 19.7 Å². The van der Waals surface area contributed by atoms with Gasteiger partial charge in [0.25, 0.3) is 5.91 Å². The highest BCUT2D eigenvalue weighted by atomic mass is 16.5. The van der Waals surface area contributed by atoms with Crippen LogP contribution in [0.5, 0.6) is 11.5 Å². The van der Waals surface area contributed by atoms with Crippen molar-refractivity contribution in [2.45, 2.75) is 26.7 Å². The molecule has 0 saturated heterocycles. The SMILES string of the molecule is CCCN(CCC)c1cncc(C(=O)Nc2ccc(OC)cc2OC)c1. The molecule has 0 spiro atoms. The zero-order valence-electron chi connectivity index (χ0n) is 15.9. The van der Waals surface area contributed by atoms with Gasteiger partial charge in [-0.25, -0.2) is 0 Å². The van der Waals surface area contributed by atoms with Crippen molar-refractivity contribution in [2.75, 3.05) is 37.5 Å². The molecule has 140 valence electrons. The zero-order valence-corrected chi connectivity index (χ0v) is 15.9. The fourth-order valence-corrected chi connectivity index (χ4v) is 2.73. The third-order valence-electron chi connectivity index (χ3n) is 4.00. The highest BCUT2D eigenvalue weighted by molar-refractivity contribution is 6.05. The Morgan fingerprint density at radius 3 is 2.42 bits per heavy atom. The predicted octanol–water partition coefficient (Wildman–Crippen LogP) is 3.98. The molecule has 6 heteroatoms. The average Bonchev–Trinajstić information content (AvgIpc) is 2.68. The summed E-state index contributed by atoms with van der Waals surface area (Å²) in [5.41, 5.74) is 2.06. The number of methoxy groups -OCH3 is 2. The summed E-state index contributed by atoms with van der Waals surface area (Å²) in [6, 6.07) is 7.14. The third kappa shape index (κ3) is 4.88. The van der Waals surface area contributed by atoms with Gasteiger partial charge in [-0.2, -0.15) is 0 Å². The lowest BCUT2D eigenvalue weighted by molar-refractivity contribution is 0.102. The molecule has 2 aromatic rings. The first-order valence-corrected chi connectivity index (χ1v) is 8.86. The van der Waals surface area contributed by atoms with Gasteiger partial charge < -0.3 is 19.7 Å². The van der Waals surface area contributed by atoms with E-state index < -0.39 is 0 Å². The van der Waals surface area contributed by atoms with Crippen LogP contribution in [0.15, 0.2) is 36.7 Å². The minimum absolute atomic E-state index is 0.226. The summed E-state index contributed by atoms with van der Waals surface area (Å²) in [5.74, 6) is 0.981. The number of hydrogen-bond donors (Lipinski definition) is 1. The minimum atomic E-state index is -0.226. The lowest BCUT2D eigenvalue weighted by Crippen LogP contribution is -2.25. The molecule has 0 aliphatic heterocycles. The van der Waals surface area contributed by atoms with Crippen LogP contribution in [0.3, 0.4) is 0 Å². The second-order valence-electron chi connectivity index (χ2n) is 5.94. The topological polar surface area (TPSA) is 63.7 Å². The Hall–Kier alpha value is -2.76. The number of ether oxygens (including phenoxy) is 2. The molecule has 0 radical (unpaired) electrons. The van der Waals surface area contributed by atoms with Crippen LogP contribution in [0.4, 0.5) is 11.4 Å². The van der Waals surface area contributed by atoms with Crippen LogP contribution in [0, 0.1) is 0 Å². The molecule has 6 nitrogen and oxygen atoms in total. The van der Waals surface area contributed by atoms with Gasteiger partial charge in [0.05, 0.1) is 37.4 Å². The van der Waals surface area contributed by atoms with Crippen LogP contribution in [-0.2, 0) is 0 Å². The highest BCUT2D eigenvalue weighted by Gasteiger charge is 2.13. The lowest BCUT2D eigenvalue weighted by atomic mass is 10.2. The van der Waals surface area contributed by atoms with Crippen LogP contribution in [-0.4, -0.2) is 38.2 Å². The molecule has 1 N–H and O–H groups in total. The van der Waals surface area contributed by atoms with Crippen molar-refractivity contribution in [2.24, 2.45) is 0 Å². The molecule has 0 atom stereocenters. The third-order valence-corrected chi connectivity index (χ3v) is 4.00. The van der Waals surface area contributed by atoms with Gasteiger partial charge >= 0.3 is 0 Å². The van der Waals surface area contributed by atoms with Crippen molar-refractivity contribution in [3.05, 3.63) is 42.2 Å². The molecule has 1 amide bonds. The van der Waals surface area contributed by atoms with Gasteiger partial charge in [-0.3, -0.25) is 9.78 Å². The maximum Gasteiger partial charge on any atom is 0.257 e. The van der Waals surface area contributed by atoms with Crippen molar-refractivity contribution in [3.63, 3.8) is 0 Å². The molecule has 0 fully saturated rings. The fourth-order valence-electron chi connectivity index (χ4n) is 2.73. The molecule has 0 saturated carbocycles. The second-order valence-corrected chi connectivity index (χ2v) is 5.94. The molecule has 0 aliphatic carbocycles. The number of amides is 1. The van der Waals surface area contributed by atoms with Gasteiger partial charge in [-0.1, -0.05) is 13.8 Å². The monoisotopic (exact) mass is 357 g/mol. The number of hydrogen-bond acceptors (Lipinski definition) is 5. The number of carbonyl (C=O) groups excluding carboxylic acids is 1. The van der Waals surface area contributed by atoms with E-state index >= 15 is 0 Å². The Kier molecular flexibility index (Phi) is 7.26. The Balaban J connectivity index is 2.21. The minimum Gasteiger partial charge on any atom is -0.497 e. The first-order chi connectivity index (χ1) is 12.6. The molecule has 1 heterocycles. The number of nitrogens with zero attached hydrogens (tertiary/aromatic N) is 2. The molecule has 1 aromatic carbocycles. The summed E-state index contributed by atoms with van der Waals surface area (Å²) in [4.78, 5) is 19.2. The molecule has 0 aliphatic rings. The first kappa shape index (κ1) is 19.6. The number of anilines is 2. The van der Waals surface area contributed by atoms with Gasteiger partial charge in [-0.15, -0.1) is 0 Å². The van der Waals surface area contributed by atoms with E-state index in [-0.39, 0.29) is 5.91 Å². The van der Waals surface area contributed by atoms with Crippen molar-refractivity contribution in [1.82, 2.24) is 4.98 Å². The summed E-state index contributed by atoms with van der Waals surface area (Å²) < 4.78 is 10.5.